The lowest BCUT2D eigenvalue weighted by Crippen LogP contribution is -2.20. The molecule has 0 saturated heterocycles. The van der Waals surface area contributed by atoms with Crippen molar-refractivity contribution in [2.45, 2.75) is 61.8 Å². The summed E-state index contributed by atoms with van der Waals surface area (Å²) >= 11 is 0. The third kappa shape index (κ3) is 8.73. The Morgan fingerprint density at radius 3 is 1.90 bits per heavy atom. The Morgan fingerprint density at radius 1 is 0.759 bits per heavy atom. The highest BCUT2D eigenvalue weighted by Crippen LogP contribution is 2.29. The van der Waals surface area contributed by atoms with Crippen LogP contribution in [-0.4, -0.2) is 18.5 Å². The second kappa shape index (κ2) is 15.6. The van der Waals surface area contributed by atoms with Crippen molar-refractivity contribution in [3.8, 4) is 11.1 Å². The second-order valence-corrected chi connectivity index (χ2v) is 6.73. The fraction of sp³-hybridized carbons (Fsp3) is 0.429. The average Bonchev–Trinajstić information content (AvgIpc) is 2.79. The quantitative estimate of drug-likeness (QED) is 0.502. The summed E-state index contributed by atoms with van der Waals surface area (Å²) in [7, 11) is 2.17. The fourth-order valence-electron chi connectivity index (χ4n) is 3.10. The minimum atomic E-state index is 0.692. The first kappa shape index (κ1) is 26.7. The van der Waals surface area contributed by atoms with Crippen molar-refractivity contribution in [2.24, 2.45) is 5.92 Å². The van der Waals surface area contributed by atoms with Crippen LogP contribution in [0, 0.1) is 5.92 Å². The molecule has 0 aliphatic carbocycles. The number of hydrogen-bond acceptors (Lipinski definition) is 1. The largest absolute Gasteiger partial charge is 0.370 e. The molecule has 0 amide bonds. The van der Waals surface area contributed by atoms with Crippen molar-refractivity contribution in [1.82, 2.24) is 4.90 Å². The third-order valence-corrected chi connectivity index (χ3v) is 4.27. The van der Waals surface area contributed by atoms with Gasteiger partial charge in [0.25, 0.3) is 0 Å². The van der Waals surface area contributed by atoms with Crippen LogP contribution in [0.1, 0.15) is 67.4 Å². The van der Waals surface area contributed by atoms with Gasteiger partial charge >= 0.3 is 0 Å². The maximum absolute atomic E-state index is 2.35. The van der Waals surface area contributed by atoms with Gasteiger partial charge in [-0.2, -0.15) is 0 Å². The van der Waals surface area contributed by atoms with Gasteiger partial charge in [0, 0.05) is 19.3 Å². The molecule has 0 saturated carbocycles. The molecule has 0 bridgehead atoms. The number of hydrogen-bond donors (Lipinski definition) is 0. The maximum atomic E-state index is 2.35. The molecule has 1 nitrogen and oxygen atoms in total. The fourth-order valence-corrected chi connectivity index (χ4v) is 3.10. The predicted octanol–water partition coefficient (Wildman–Crippen LogP) is 8.69. The van der Waals surface area contributed by atoms with Crippen molar-refractivity contribution < 1.29 is 0 Å². The monoisotopic (exact) mass is 393 g/mol. The highest BCUT2D eigenvalue weighted by molar-refractivity contribution is 5.74. The Hall–Kier alpha value is -2.28. The van der Waals surface area contributed by atoms with Gasteiger partial charge in [0.05, 0.1) is 0 Å². The summed E-state index contributed by atoms with van der Waals surface area (Å²) in [5.74, 6) is 0.692. The zero-order valence-electron chi connectivity index (χ0n) is 20.3. The van der Waals surface area contributed by atoms with Crippen molar-refractivity contribution >= 4 is 5.70 Å². The SMILES string of the molecule is CC.CC.CC.CC(C)CC1=CCN(C)C(c2cccc(-c3ccccc3)c2)=C1. The van der Waals surface area contributed by atoms with Gasteiger partial charge in [-0.25, -0.2) is 0 Å². The summed E-state index contributed by atoms with van der Waals surface area (Å²) in [6.07, 6.45) is 5.86. The van der Waals surface area contributed by atoms with Gasteiger partial charge in [0.1, 0.15) is 0 Å². The lowest BCUT2D eigenvalue weighted by atomic mass is 9.96. The normalized spacial score (nSPS) is 12.3. The average molecular weight is 394 g/mol. The van der Waals surface area contributed by atoms with E-state index < -0.39 is 0 Å². The van der Waals surface area contributed by atoms with E-state index in [1.165, 1.54) is 28.0 Å². The molecule has 1 heterocycles. The standard InChI is InChI=1S/C22H25N.3C2H6/c1-17(2)14-18-12-13-23(3)22(15-18)21-11-7-10-20(16-21)19-8-5-4-6-9-19;3*1-2/h4-12,15-17H,13-14H2,1-3H3;3*1-2H3. The molecule has 1 aliphatic heterocycles. The molecule has 1 aliphatic rings. The molecular weight excluding hydrogens is 350 g/mol. The van der Waals surface area contributed by atoms with Gasteiger partial charge in [-0.3, -0.25) is 0 Å². The van der Waals surface area contributed by atoms with Crippen LogP contribution in [0.4, 0.5) is 0 Å². The summed E-state index contributed by atoms with van der Waals surface area (Å²) in [5.41, 5.74) is 6.62. The molecule has 0 spiro atoms. The van der Waals surface area contributed by atoms with Gasteiger partial charge in [-0.15, -0.1) is 0 Å². The van der Waals surface area contributed by atoms with E-state index in [4.69, 9.17) is 0 Å². The van der Waals surface area contributed by atoms with Crippen molar-refractivity contribution in [3.05, 3.63) is 77.9 Å². The molecule has 0 aromatic heterocycles. The van der Waals surface area contributed by atoms with Crippen LogP contribution < -0.4 is 0 Å². The van der Waals surface area contributed by atoms with E-state index in [-0.39, 0.29) is 0 Å². The van der Waals surface area contributed by atoms with E-state index in [0.717, 1.165) is 13.0 Å². The Bertz CT molecular complexity index is 723. The number of allylic oxidation sites excluding steroid dienone is 2. The van der Waals surface area contributed by atoms with Crippen LogP contribution in [0.3, 0.4) is 0 Å². The smallest absolute Gasteiger partial charge is 0.0442 e. The lowest BCUT2D eigenvalue weighted by molar-refractivity contribution is 0.523. The van der Waals surface area contributed by atoms with E-state index in [0.29, 0.717) is 5.92 Å². The Labute approximate surface area is 181 Å². The summed E-state index contributed by atoms with van der Waals surface area (Å²) < 4.78 is 0. The molecule has 1 heteroatoms. The van der Waals surface area contributed by atoms with E-state index in [9.17, 15) is 0 Å². The van der Waals surface area contributed by atoms with Crippen LogP contribution in [0.5, 0.6) is 0 Å². The summed E-state index contributed by atoms with van der Waals surface area (Å²) in [5, 5.41) is 0. The second-order valence-electron chi connectivity index (χ2n) is 6.73. The topological polar surface area (TPSA) is 3.24 Å². The number of benzene rings is 2. The zero-order chi connectivity index (χ0) is 22.2. The molecular formula is C28H43N. The van der Waals surface area contributed by atoms with Crippen LogP contribution >= 0.6 is 0 Å². The van der Waals surface area contributed by atoms with Crippen LogP contribution in [0.15, 0.2) is 72.3 Å². The number of likely N-dealkylation sites (N-methyl/N-ethyl adjacent to an activating group) is 1. The lowest BCUT2D eigenvalue weighted by Gasteiger charge is -2.27. The molecule has 2 aromatic rings. The Morgan fingerprint density at radius 2 is 1.31 bits per heavy atom. The summed E-state index contributed by atoms with van der Waals surface area (Å²) in [6, 6.07) is 19.5. The van der Waals surface area contributed by atoms with E-state index in [1.54, 1.807) is 0 Å². The molecule has 3 rings (SSSR count). The van der Waals surface area contributed by atoms with Gasteiger partial charge in [0.15, 0.2) is 0 Å². The van der Waals surface area contributed by atoms with Crippen LogP contribution in [0.25, 0.3) is 16.8 Å². The van der Waals surface area contributed by atoms with Gasteiger partial charge in [0.2, 0.25) is 0 Å². The van der Waals surface area contributed by atoms with Crippen LogP contribution in [-0.2, 0) is 0 Å². The summed E-state index contributed by atoms with van der Waals surface area (Å²) in [4.78, 5) is 2.33. The third-order valence-electron chi connectivity index (χ3n) is 4.27. The maximum Gasteiger partial charge on any atom is 0.0442 e. The first-order valence-electron chi connectivity index (χ1n) is 11.4. The molecule has 29 heavy (non-hydrogen) atoms. The Kier molecular flexibility index (Phi) is 14.4. The molecule has 2 aromatic carbocycles. The molecule has 0 atom stereocenters. The highest BCUT2D eigenvalue weighted by Gasteiger charge is 2.13. The van der Waals surface area contributed by atoms with Gasteiger partial charge in [-0.1, -0.05) is 110 Å². The molecule has 0 fully saturated rings. The van der Waals surface area contributed by atoms with Crippen molar-refractivity contribution in [1.29, 1.82) is 0 Å². The highest BCUT2D eigenvalue weighted by atomic mass is 15.1. The zero-order valence-corrected chi connectivity index (χ0v) is 20.3. The number of nitrogens with zero attached hydrogens (tertiary/aromatic N) is 1. The number of rotatable bonds is 4. The van der Waals surface area contributed by atoms with Crippen LogP contribution in [0.2, 0.25) is 0 Å². The first-order chi connectivity index (χ1) is 14.1. The molecule has 0 radical (unpaired) electrons. The minimum Gasteiger partial charge on any atom is -0.370 e. The van der Waals surface area contributed by atoms with E-state index in [1.807, 2.05) is 41.5 Å². The molecule has 160 valence electrons. The summed E-state index contributed by atoms with van der Waals surface area (Å²) in [6.45, 7) is 17.6. The van der Waals surface area contributed by atoms with E-state index in [2.05, 4.69) is 92.5 Å². The predicted molar refractivity (Wildman–Crippen MR) is 134 cm³/mol. The first-order valence-corrected chi connectivity index (χ1v) is 11.4. The van der Waals surface area contributed by atoms with E-state index >= 15 is 0 Å². The minimum absolute atomic E-state index is 0.692. The van der Waals surface area contributed by atoms with Gasteiger partial charge in [-0.05, 0) is 46.7 Å². The molecule has 0 unspecified atom stereocenters. The Balaban J connectivity index is 0.00000120. The van der Waals surface area contributed by atoms with Crippen molar-refractivity contribution in [2.75, 3.05) is 13.6 Å². The van der Waals surface area contributed by atoms with Crippen molar-refractivity contribution in [3.63, 3.8) is 0 Å². The molecule has 0 N–H and O–H groups in total. The van der Waals surface area contributed by atoms with Gasteiger partial charge < -0.3 is 4.90 Å².